The number of esters is 1. The molecule has 2 aromatic carbocycles. The van der Waals surface area contributed by atoms with Gasteiger partial charge in [-0.05, 0) is 30.7 Å². The zero-order valence-electron chi connectivity index (χ0n) is 16.9. The zero-order valence-corrected chi connectivity index (χ0v) is 17.7. The van der Waals surface area contributed by atoms with Crippen LogP contribution in [-0.4, -0.2) is 26.5 Å². The largest absolute Gasteiger partial charge is 0.456 e. The number of benzene rings is 2. The smallest absolute Gasteiger partial charge is 0.340 e. The van der Waals surface area contributed by atoms with Crippen molar-refractivity contribution in [1.29, 1.82) is 0 Å². The Kier molecular flexibility index (Phi) is 6.04. The van der Waals surface area contributed by atoms with Crippen molar-refractivity contribution in [3.63, 3.8) is 0 Å². The average molecular weight is 452 g/mol. The van der Waals surface area contributed by atoms with E-state index in [1.807, 2.05) is 6.92 Å². The van der Waals surface area contributed by atoms with Crippen LogP contribution in [0.25, 0.3) is 4.96 Å². The molecule has 2 heterocycles. The number of amides is 1. The fraction of sp³-hybridized carbons (Fsp3) is 0.136. The second-order valence-corrected chi connectivity index (χ2v) is 7.73. The number of halogens is 1. The van der Waals surface area contributed by atoms with E-state index in [1.165, 1.54) is 58.3 Å². The highest BCUT2D eigenvalue weighted by atomic mass is 32.1. The third-order valence-corrected chi connectivity index (χ3v) is 5.56. The molecule has 32 heavy (non-hydrogen) atoms. The van der Waals surface area contributed by atoms with E-state index in [1.54, 1.807) is 12.1 Å². The number of para-hydroxylation sites is 1. The maximum Gasteiger partial charge on any atom is 0.340 e. The molecule has 0 aliphatic carbocycles. The summed E-state index contributed by atoms with van der Waals surface area (Å²) >= 11 is 1.29. The number of nitrogens with one attached hydrogen (secondary N) is 1. The summed E-state index contributed by atoms with van der Waals surface area (Å²) in [6.07, 6.45) is 0.674. The van der Waals surface area contributed by atoms with Crippen molar-refractivity contribution in [2.75, 3.05) is 5.32 Å². The predicted molar refractivity (Wildman–Crippen MR) is 116 cm³/mol. The summed E-state index contributed by atoms with van der Waals surface area (Å²) in [4.78, 5) is 42.0. The summed E-state index contributed by atoms with van der Waals surface area (Å²) in [6, 6.07) is 13.0. The molecule has 1 amide bonds. The molecule has 4 rings (SSSR count). The SMILES string of the molecule is CCc1nn2c(=O)cc(COC(=O)c3ccccc3NC(=O)c3ccccc3F)nc2s1. The maximum atomic E-state index is 13.9. The van der Waals surface area contributed by atoms with Gasteiger partial charge in [0, 0.05) is 6.07 Å². The van der Waals surface area contributed by atoms with E-state index in [-0.39, 0.29) is 34.7 Å². The normalized spacial score (nSPS) is 10.8. The van der Waals surface area contributed by atoms with Crippen LogP contribution < -0.4 is 10.9 Å². The van der Waals surface area contributed by atoms with Crippen molar-refractivity contribution in [1.82, 2.24) is 14.6 Å². The topological polar surface area (TPSA) is 103 Å². The summed E-state index contributed by atoms with van der Waals surface area (Å²) < 4.78 is 20.4. The quantitative estimate of drug-likeness (QED) is 0.450. The van der Waals surface area contributed by atoms with Gasteiger partial charge in [-0.3, -0.25) is 9.59 Å². The molecule has 8 nitrogen and oxygen atoms in total. The number of nitrogens with zero attached hydrogens (tertiary/aromatic N) is 3. The first kappa shape index (κ1) is 21.3. The number of anilines is 1. The fourth-order valence-electron chi connectivity index (χ4n) is 2.94. The number of aromatic nitrogens is 3. The summed E-state index contributed by atoms with van der Waals surface area (Å²) in [5.74, 6) is -2.09. The van der Waals surface area contributed by atoms with E-state index in [4.69, 9.17) is 4.74 Å². The average Bonchev–Trinajstić information content (AvgIpc) is 3.22. The number of carbonyl (C=O) groups is 2. The number of carbonyl (C=O) groups excluding carboxylic acids is 2. The van der Waals surface area contributed by atoms with E-state index in [0.717, 1.165) is 5.01 Å². The van der Waals surface area contributed by atoms with Crippen molar-refractivity contribution < 1.29 is 18.7 Å². The molecule has 0 atom stereocenters. The minimum absolute atomic E-state index is 0.0843. The Hall–Kier alpha value is -3.92. The monoisotopic (exact) mass is 452 g/mol. The molecule has 162 valence electrons. The molecule has 0 fully saturated rings. The van der Waals surface area contributed by atoms with Crippen LogP contribution in [0, 0.1) is 5.82 Å². The van der Waals surface area contributed by atoms with Crippen LogP contribution in [0.2, 0.25) is 0 Å². The second-order valence-electron chi connectivity index (χ2n) is 6.69. The zero-order chi connectivity index (χ0) is 22.7. The van der Waals surface area contributed by atoms with Crippen molar-refractivity contribution in [3.8, 4) is 0 Å². The first-order valence-corrected chi connectivity index (χ1v) is 10.5. The van der Waals surface area contributed by atoms with E-state index >= 15 is 0 Å². The van der Waals surface area contributed by atoms with Crippen molar-refractivity contribution in [2.24, 2.45) is 0 Å². The number of rotatable bonds is 6. The number of hydrogen-bond acceptors (Lipinski definition) is 7. The van der Waals surface area contributed by atoms with Gasteiger partial charge in [-0.25, -0.2) is 14.2 Å². The second kappa shape index (κ2) is 9.06. The Morgan fingerprint density at radius 1 is 1.12 bits per heavy atom. The molecule has 0 aliphatic rings. The summed E-state index contributed by atoms with van der Waals surface area (Å²) in [6.45, 7) is 1.69. The molecule has 4 aromatic rings. The Morgan fingerprint density at radius 2 is 1.84 bits per heavy atom. The van der Waals surface area contributed by atoms with Gasteiger partial charge in [0.05, 0.1) is 22.5 Å². The first-order chi connectivity index (χ1) is 15.5. The van der Waals surface area contributed by atoms with Crippen LogP contribution in [0.1, 0.15) is 38.3 Å². The predicted octanol–water partition coefficient (Wildman–Crippen LogP) is 3.46. The molecule has 0 aliphatic heterocycles. The van der Waals surface area contributed by atoms with Gasteiger partial charge in [0.25, 0.3) is 11.5 Å². The van der Waals surface area contributed by atoms with Crippen LogP contribution >= 0.6 is 11.3 Å². The Bertz CT molecular complexity index is 1380. The van der Waals surface area contributed by atoms with Gasteiger partial charge in [0.2, 0.25) is 4.96 Å². The lowest BCUT2D eigenvalue weighted by molar-refractivity contribution is 0.0469. The van der Waals surface area contributed by atoms with Crippen molar-refractivity contribution >= 4 is 33.9 Å². The van der Waals surface area contributed by atoms with Gasteiger partial charge < -0.3 is 10.1 Å². The molecular weight excluding hydrogens is 435 g/mol. The van der Waals surface area contributed by atoms with Gasteiger partial charge in [-0.15, -0.1) is 0 Å². The maximum absolute atomic E-state index is 13.9. The fourth-order valence-corrected chi connectivity index (χ4v) is 3.79. The standard InChI is InChI=1S/C22H17FN4O4S/c1-2-18-26-27-19(28)11-13(24-22(27)32-18)12-31-21(30)15-8-4-6-10-17(15)25-20(29)14-7-3-5-9-16(14)23/h3-11H,2,12H2,1H3,(H,25,29). The molecule has 0 saturated carbocycles. The van der Waals surface area contributed by atoms with E-state index in [9.17, 15) is 18.8 Å². The molecule has 2 aromatic heterocycles. The van der Waals surface area contributed by atoms with Crippen LogP contribution in [0.15, 0.2) is 59.4 Å². The Balaban J connectivity index is 1.51. The lowest BCUT2D eigenvalue weighted by atomic mass is 10.1. The highest BCUT2D eigenvalue weighted by molar-refractivity contribution is 7.16. The van der Waals surface area contributed by atoms with E-state index < -0.39 is 17.7 Å². The molecular formula is C22H17FN4O4S. The third kappa shape index (κ3) is 4.40. The molecule has 10 heteroatoms. The molecule has 0 bridgehead atoms. The lowest BCUT2D eigenvalue weighted by Gasteiger charge is -2.11. The molecule has 0 saturated heterocycles. The highest BCUT2D eigenvalue weighted by Gasteiger charge is 2.18. The minimum Gasteiger partial charge on any atom is -0.456 e. The Morgan fingerprint density at radius 3 is 2.59 bits per heavy atom. The minimum atomic E-state index is -0.727. The van der Waals surface area contributed by atoms with Gasteiger partial charge in [0.1, 0.15) is 17.4 Å². The molecule has 0 radical (unpaired) electrons. The number of aryl methyl sites for hydroxylation is 1. The van der Waals surface area contributed by atoms with Crippen LogP contribution in [0.5, 0.6) is 0 Å². The summed E-state index contributed by atoms with van der Waals surface area (Å²) in [5.41, 5.74) is 0.0204. The van der Waals surface area contributed by atoms with Gasteiger partial charge in [0.15, 0.2) is 0 Å². The van der Waals surface area contributed by atoms with Crippen molar-refractivity contribution in [2.45, 2.75) is 20.0 Å². The first-order valence-electron chi connectivity index (χ1n) is 9.67. The lowest BCUT2D eigenvalue weighted by Crippen LogP contribution is -2.18. The number of fused-ring (bicyclic) bond motifs is 1. The van der Waals surface area contributed by atoms with Gasteiger partial charge in [-0.1, -0.05) is 42.5 Å². The summed E-state index contributed by atoms with van der Waals surface area (Å²) in [7, 11) is 0. The van der Waals surface area contributed by atoms with Crippen LogP contribution in [0.3, 0.4) is 0 Å². The Labute approximate surface area is 185 Å². The van der Waals surface area contributed by atoms with Crippen molar-refractivity contribution in [3.05, 3.63) is 92.6 Å². The van der Waals surface area contributed by atoms with Gasteiger partial charge >= 0.3 is 5.97 Å². The molecule has 0 unspecified atom stereocenters. The molecule has 0 spiro atoms. The number of hydrogen-bond donors (Lipinski definition) is 1. The van der Waals surface area contributed by atoms with E-state index in [2.05, 4.69) is 15.4 Å². The van der Waals surface area contributed by atoms with Gasteiger partial charge in [-0.2, -0.15) is 9.61 Å². The summed E-state index contributed by atoms with van der Waals surface area (Å²) in [5, 5.41) is 7.47. The molecule has 1 N–H and O–H groups in total. The van der Waals surface area contributed by atoms with Crippen LogP contribution in [0.4, 0.5) is 10.1 Å². The number of ether oxygens (including phenoxy) is 1. The third-order valence-electron chi connectivity index (χ3n) is 4.51. The van der Waals surface area contributed by atoms with Crippen LogP contribution in [-0.2, 0) is 17.8 Å². The highest BCUT2D eigenvalue weighted by Crippen LogP contribution is 2.19. The van der Waals surface area contributed by atoms with E-state index in [0.29, 0.717) is 11.4 Å².